The molecule has 0 bridgehead atoms. The molecule has 4 aromatic rings. The predicted octanol–water partition coefficient (Wildman–Crippen LogP) is 4.15. The number of anilines is 1. The molecule has 6 rings (SSSR count). The normalized spacial score (nSPS) is 17.0. The van der Waals surface area contributed by atoms with E-state index >= 15 is 0 Å². The number of benzene rings is 2. The summed E-state index contributed by atoms with van der Waals surface area (Å²) in [6, 6.07) is 18.0. The first-order chi connectivity index (χ1) is 19.1. The third-order valence-corrected chi connectivity index (χ3v) is 7.68. The number of fused-ring (bicyclic) bond motifs is 1. The Bertz CT molecular complexity index is 1450. The van der Waals surface area contributed by atoms with Gasteiger partial charge in [0, 0.05) is 44.1 Å². The number of hydrogen-bond acceptors (Lipinski definition) is 7. The van der Waals surface area contributed by atoms with E-state index in [1.54, 1.807) is 20.4 Å². The van der Waals surface area contributed by atoms with Gasteiger partial charge >= 0.3 is 0 Å². The second-order valence-electron chi connectivity index (χ2n) is 10.0. The van der Waals surface area contributed by atoms with Crippen molar-refractivity contribution < 1.29 is 14.3 Å². The number of carbonyl (C=O) groups is 1. The SMILES string of the molecule is COc1cc2c(cc1OC)CN(C(=O)C1CCCN(c3ccc(-n4ccnc4-c4ccccc4)nn3)C1)CC2. The number of methoxy groups -OCH3 is 2. The Kier molecular flexibility index (Phi) is 6.87. The van der Waals surface area contributed by atoms with Crippen molar-refractivity contribution in [3.63, 3.8) is 0 Å². The number of amides is 1. The molecule has 2 aromatic heterocycles. The first-order valence-electron chi connectivity index (χ1n) is 13.3. The lowest BCUT2D eigenvalue weighted by molar-refractivity contribution is -0.136. The van der Waals surface area contributed by atoms with Crippen LogP contribution in [-0.2, 0) is 17.8 Å². The van der Waals surface area contributed by atoms with E-state index in [9.17, 15) is 4.79 Å². The second kappa shape index (κ2) is 10.8. The van der Waals surface area contributed by atoms with Crippen molar-refractivity contribution in [1.29, 1.82) is 0 Å². The lowest BCUT2D eigenvalue weighted by Crippen LogP contribution is -2.46. The summed E-state index contributed by atoms with van der Waals surface area (Å²) in [4.78, 5) is 22.3. The maximum atomic E-state index is 13.6. The summed E-state index contributed by atoms with van der Waals surface area (Å²) in [5.41, 5.74) is 3.35. The zero-order valence-corrected chi connectivity index (χ0v) is 22.3. The first-order valence-corrected chi connectivity index (χ1v) is 13.3. The molecule has 4 heterocycles. The molecule has 0 N–H and O–H groups in total. The fourth-order valence-corrected chi connectivity index (χ4v) is 5.62. The second-order valence-corrected chi connectivity index (χ2v) is 10.0. The van der Waals surface area contributed by atoms with Gasteiger partial charge in [-0.05, 0) is 54.7 Å². The molecule has 1 amide bonds. The standard InChI is InChI=1S/C30H32N6O3/c1-38-25-17-22-12-15-35(20-24(22)18-26(25)39-2)30(37)23-9-6-14-34(19-23)27-10-11-28(33-32-27)36-16-13-31-29(36)21-7-4-3-5-8-21/h3-5,7-8,10-11,13,16-18,23H,6,9,12,14-15,19-20H2,1-2H3. The van der Waals surface area contributed by atoms with Crippen molar-refractivity contribution in [3.8, 4) is 28.7 Å². The lowest BCUT2D eigenvalue weighted by atomic mass is 9.93. The van der Waals surface area contributed by atoms with Gasteiger partial charge in [0.1, 0.15) is 5.82 Å². The molecule has 1 atom stereocenters. The lowest BCUT2D eigenvalue weighted by Gasteiger charge is -2.37. The van der Waals surface area contributed by atoms with Gasteiger partial charge in [-0.3, -0.25) is 9.36 Å². The molecular formula is C30H32N6O3. The highest BCUT2D eigenvalue weighted by atomic mass is 16.5. The first kappa shape index (κ1) is 24.9. The van der Waals surface area contributed by atoms with Gasteiger partial charge in [0.05, 0.1) is 20.1 Å². The monoisotopic (exact) mass is 524 g/mol. The molecule has 0 saturated carbocycles. The summed E-state index contributed by atoms with van der Waals surface area (Å²) in [6.45, 7) is 2.80. The molecule has 1 fully saturated rings. The molecule has 2 aliphatic heterocycles. The predicted molar refractivity (Wildman–Crippen MR) is 148 cm³/mol. The van der Waals surface area contributed by atoms with Crippen LogP contribution in [0, 0.1) is 5.92 Å². The highest BCUT2D eigenvalue weighted by Gasteiger charge is 2.32. The average molecular weight is 525 g/mol. The van der Waals surface area contributed by atoms with E-state index < -0.39 is 0 Å². The van der Waals surface area contributed by atoms with Gasteiger partial charge in [-0.15, -0.1) is 10.2 Å². The number of carbonyl (C=O) groups excluding carboxylic acids is 1. The molecule has 1 unspecified atom stereocenters. The molecule has 200 valence electrons. The summed E-state index contributed by atoms with van der Waals surface area (Å²) >= 11 is 0. The van der Waals surface area contributed by atoms with Crippen molar-refractivity contribution in [2.24, 2.45) is 5.92 Å². The zero-order valence-electron chi connectivity index (χ0n) is 22.3. The largest absolute Gasteiger partial charge is 0.493 e. The minimum Gasteiger partial charge on any atom is -0.493 e. The molecule has 2 aliphatic rings. The number of imidazole rings is 1. The van der Waals surface area contributed by atoms with E-state index in [2.05, 4.69) is 20.1 Å². The van der Waals surface area contributed by atoms with Crippen LogP contribution in [0.1, 0.15) is 24.0 Å². The summed E-state index contributed by atoms with van der Waals surface area (Å²) in [5, 5.41) is 9.05. The molecule has 0 aliphatic carbocycles. The number of ether oxygens (including phenoxy) is 2. The minimum atomic E-state index is -0.0692. The van der Waals surface area contributed by atoms with Gasteiger partial charge < -0.3 is 19.3 Å². The topological polar surface area (TPSA) is 85.6 Å². The number of rotatable bonds is 6. The quantitative estimate of drug-likeness (QED) is 0.375. The van der Waals surface area contributed by atoms with E-state index in [0.717, 1.165) is 54.3 Å². The molecule has 9 nitrogen and oxygen atoms in total. The van der Waals surface area contributed by atoms with Crippen molar-refractivity contribution in [2.75, 3.05) is 38.8 Å². The van der Waals surface area contributed by atoms with Gasteiger partial charge in [-0.1, -0.05) is 30.3 Å². The highest BCUT2D eigenvalue weighted by Crippen LogP contribution is 2.34. The van der Waals surface area contributed by atoms with Gasteiger partial charge in [0.25, 0.3) is 0 Å². The Labute approximate surface area is 228 Å². The minimum absolute atomic E-state index is 0.0692. The Morgan fingerprint density at radius 2 is 1.67 bits per heavy atom. The molecule has 39 heavy (non-hydrogen) atoms. The van der Waals surface area contributed by atoms with Gasteiger partial charge in [-0.25, -0.2) is 4.98 Å². The van der Waals surface area contributed by atoms with E-state index in [1.165, 1.54) is 5.56 Å². The molecular weight excluding hydrogens is 492 g/mol. The average Bonchev–Trinajstić information content (AvgIpc) is 3.50. The third-order valence-electron chi connectivity index (χ3n) is 7.68. The van der Waals surface area contributed by atoms with E-state index in [1.807, 2.05) is 70.3 Å². The number of piperidine rings is 1. The molecule has 9 heteroatoms. The van der Waals surface area contributed by atoms with Crippen LogP contribution in [0.5, 0.6) is 11.5 Å². The van der Waals surface area contributed by atoms with Crippen LogP contribution in [0.2, 0.25) is 0 Å². The maximum absolute atomic E-state index is 13.6. The summed E-state index contributed by atoms with van der Waals surface area (Å²) < 4.78 is 12.9. The Balaban J connectivity index is 1.14. The number of hydrogen-bond donors (Lipinski definition) is 0. The molecule has 2 aromatic carbocycles. The fraction of sp³-hybridized carbons (Fsp3) is 0.333. The Morgan fingerprint density at radius 3 is 2.41 bits per heavy atom. The van der Waals surface area contributed by atoms with E-state index in [4.69, 9.17) is 9.47 Å². The summed E-state index contributed by atoms with van der Waals surface area (Å²) in [6.07, 6.45) is 6.29. The van der Waals surface area contributed by atoms with Crippen LogP contribution in [0.25, 0.3) is 17.2 Å². The van der Waals surface area contributed by atoms with Crippen LogP contribution in [0.15, 0.2) is 67.0 Å². The zero-order chi connectivity index (χ0) is 26.8. The summed E-state index contributed by atoms with van der Waals surface area (Å²) in [5.74, 6) is 3.88. The van der Waals surface area contributed by atoms with Crippen molar-refractivity contribution >= 4 is 11.7 Å². The van der Waals surface area contributed by atoms with Crippen molar-refractivity contribution in [3.05, 3.63) is 78.1 Å². The van der Waals surface area contributed by atoms with Crippen LogP contribution in [-0.4, -0.2) is 64.4 Å². The van der Waals surface area contributed by atoms with Crippen LogP contribution >= 0.6 is 0 Å². The highest BCUT2D eigenvalue weighted by molar-refractivity contribution is 5.80. The van der Waals surface area contributed by atoms with Crippen molar-refractivity contribution in [2.45, 2.75) is 25.8 Å². The maximum Gasteiger partial charge on any atom is 0.227 e. The van der Waals surface area contributed by atoms with Crippen LogP contribution < -0.4 is 14.4 Å². The molecule has 0 spiro atoms. The Hall–Kier alpha value is -4.40. The third kappa shape index (κ3) is 4.92. The van der Waals surface area contributed by atoms with Crippen LogP contribution in [0.4, 0.5) is 5.82 Å². The fourth-order valence-electron chi connectivity index (χ4n) is 5.62. The number of aromatic nitrogens is 4. The van der Waals surface area contributed by atoms with Crippen LogP contribution in [0.3, 0.4) is 0 Å². The van der Waals surface area contributed by atoms with Crippen molar-refractivity contribution in [1.82, 2.24) is 24.6 Å². The summed E-state index contributed by atoms with van der Waals surface area (Å²) in [7, 11) is 3.29. The van der Waals surface area contributed by atoms with E-state index in [0.29, 0.717) is 31.2 Å². The smallest absolute Gasteiger partial charge is 0.227 e. The van der Waals surface area contributed by atoms with Gasteiger partial charge in [0.2, 0.25) is 5.91 Å². The van der Waals surface area contributed by atoms with E-state index in [-0.39, 0.29) is 11.8 Å². The number of nitrogens with zero attached hydrogens (tertiary/aromatic N) is 6. The molecule has 0 radical (unpaired) electrons. The van der Waals surface area contributed by atoms with Gasteiger partial charge in [0.15, 0.2) is 23.1 Å². The Morgan fingerprint density at radius 1 is 0.923 bits per heavy atom. The molecule has 1 saturated heterocycles. The van der Waals surface area contributed by atoms with Gasteiger partial charge in [-0.2, -0.15) is 0 Å².